The van der Waals surface area contributed by atoms with Crippen molar-refractivity contribution in [2.24, 2.45) is 0 Å². The van der Waals surface area contributed by atoms with Gasteiger partial charge in [0.15, 0.2) is 5.65 Å². The van der Waals surface area contributed by atoms with Gasteiger partial charge in [-0.25, -0.2) is 19.6 Å². The van der Waals surface area contributed by atoms with Gasteiger partial charge in [-0.3, -0.25) is 9.78 Å². The zero-order chi connectivity index (χ0) is 22.9. The van der Waals surface area contributed by atoms with E-state index < -0.39 is 30.1 Å². The monoisotopic (exact) mass is 445 g/mol. The highest BCUT2D eigenvalue weighted by Gasteiger charge is 2.32. The van der Waals surface area contributed by atoms with Crippen LogP contribution in [0.15, 0.2) is 41.6 Å². The van der Waals surface area contributed by atoms with Crippen LogP contribution in [0.5, 0.6) is 0 Å². The molecular weight excluding hydrogens is 427 g/mol. The summed E-state index contributed by atoms with van der Waals surface area (Å²) in [5.41, 5.74) is -0.692. The number of alkyl halides is 3. The van der Waals surface area contributed by atoms with Gasteiger partial charge in [-0.05, 0) is 24.6 Å². The average Bonchev–Trinajstić information content (AvgIpc) is 3.16. The summed E-state index contributed by atoms with van der Waals surface area (Å²) >= 11 is 0. The average molecular weight is 445 g/mol. The van der Waals surface area contributed by atoms with Gasteiger partial charge in [0.05, 0.1) is 12.6 Å². The number of pyridine rings is 1. The normalized spacial score (nSPS) is 12.9. The molecule has 2 N–H and O–H groups in total. The highest BCUT2D eigenvalue weighted by Crippen LogP contribution is 2.29. The molecule has 0 aromatic carbocycles. The van der Waals surface area contributed by atoms with Gasteiger partial charge in [0.25, 0.3) is 5.56 Å². The first-order chi connectivity index (χ1) is 15.3. The second-order valence-corrected chi connectivity index (χ2v) is 7.08. The van der Waals surface area contributed by atoms with Crippen molar-refractivity contribution in [3.8, 4) is 0 Å². The Hall–Kier alpha value is -3.67. The summed E-state index contributed by atoms with van der Waals surface area (Å²) < 4.78 is 39.9. The molecule has 0 fully saturated rings. The lowest BCUT2D eigenvalue weighted by molar-refractivity contribution is -0.141. The van der Waals surface area contributed by atoms with Crippen LogP contribution in [0.1, 0.15) is 41.6 Å². The Labute approximate surface area is 179 Å². The summed E-state index contributed by atoms with van der Waals surface area (Å²) in [6, 6.07) is 3.29. The molecule has 4 aromatic rings. The number of nitrogens with one attached hydrogen (secondary N) is 1. The first-order valence-electron chi connectivity index (χ1n) is 9.68. The minimum absolute atomic E-state index is 0.124. The second kappa shape index (κ2) is 8.46. The molecule has 0 bridgehead atoms. The summed E-state index contributed by atoms with van der Waals surface area (Å²) in [6.07, 6.45) is 0.588. The Bertz CT molecular complexity index is 1290. The van der Waals surface area contributed by atoms with Gasteiger partial charge in [-0.15, -0.1) is 0 Å². The van der Waals surface area contributed by atoms with Gasteiger partial charge in [-0.2, -0.15) is 18.3 Å². The minimum atomic E-state index is -4.55. The summed E-state index contributed by atoms with van der Waals surface area (Å²) in [4.78, 5) is 31.6. The lowest BCUT2D eigenvalue weighted by atomic mass is 10.1. The van der Waals surface area contributed by atoms with Crippen LogP contribution < -0.4 is 5.56 Å². The van der Waals surface area contributed by atoms with Crippen LogP contribution in [0.2, 0.25) is 0 Å². The SMILES string of the molecule is CC(c1ccc(C(F)(F)F)nc1)n1nc(CO)c2c(=O)[nH]c(CCc3ncccn3)nc21. The molecule has 1 unspecified atom stereocenters. The van der Waals surface area contributed by atoms with E-state index in [2.05, 4.69) is 30.0 Å². The summed E-state index contributed by atoms with van der Waals surface area (Å²) in [7, 11) is 0. The molecule has 0 saturated heterocycles. The molecule has 0 radical (unpaired) electrons. The van der Waals surface area contributed by atoms with Crippen molar-refractivity contribution in [3.05, 3.63) is 75.7 Å². The third-order valence-corrected chi connectivity index (χ3v) is 4.96. The van der Waals surface area contributed by atoms with Gasteiger partial charge >= 0.3 is 6.18 Å². The molecule has 0 spiro atoms. The molecule has 4 heterocycles. The van der Waals surface area contributed by atoms with E-state index in [1.54, 1.807) is 25.4 Å². The van der Waals surface area contributed by atoms with Crippen LogP contribution in [0.3, 0.4) is 0 Å². The zero-order valence-electron chi connectivity index (χ0n) is 16.8. The van der Waals surface area contributed by atoms with E-state index in [4.69, 9.17) is 0 Å². The number of rotatable bonds is 6. The molecule has 0 aliphatic rings. The molecule has 4 aromatic heterocycles. The van der Waals surface area contributed by atoms with Crippen molar-refractivity contribution < 1.29 is 18.3 Å². The molecule has 9 nitrogen and oxygen atoms in total. The van der Waals surface area contributed by atoms with Crippen LogP contribution in [-0.2, 0) is 25.6 Å². The lowest BCUT2D eigenvalue weighted by Crippen LogP contribution is -2.16. The van der Waals surface area contributed by atoms with Crippen molar-refractivity contribution in [2.75, 3.05) is 0 Å². The molecule has 4 rings (SSSR count). The lowest BCUT2D eigenvalue weighted by Gasteiger charge is -2.14. The van der Waals surface area contributed by atoms with E-state index >= 15 is 0 Å². The first kappa shape index (κ1) is 21.6. The molecule has 12 heteroatoms. The van der Waals surface area contributed by atoms with Gasteiger partial charge in [0.2, 0.25) is 0 Å². The van der Waals surface area contributed by atoms with Crippen LogP contribution in [0.25, 0.3) is 11.0 Å². The Morgan fingerprint density at radius 2 is 1.91 bits per heavy atom. The molecular formula is C20H18F3N7O2. The molecule has 0 amide bonds. The highest BCUT2D eigenvalue weighted by molar-refractivity contribution is 5.77. The van der Waals surface area contributed by atoms with Crippen molar-refractivity contribution in [1.82, 2.24) is 34.7 Å². The standard InChI is InChI=1S/C20H18F3N7O2/c1-11(12-3-4-14(26-9-12)20(21,22)23)30-18-17(13(10-31)29-30)19(32)28-16(27-18)6-5-15-24-7-2-8-25-15/h2-4,7-9,11,31H,5-6,10H2,1H3,(H,27,28,32). The predicted octanol–water partition coefficient (Wildman–Crippen LogP) is 2.21. The number of aromatic nitrogens is 7. The van der Waals surface area contributed by atoms with E-state index in [1.807, 2.05) is 0 Å². The number of aliphatic hydroxyl groups is 1. The Kier molecular flexibility index (Phi) is 5.70. The summed E-state index contributed by atoms with van der Waals surface area (Å²) in [6.45, 7) is 1.20. The van der Waals surface area contributed by atoms with Crippen LogP contribution in [0, 0.1) is 0 Å². The fraction of sp³-hybridized carbons (Fsp3) is 0.300. The maximum Gasteiger partial charge on any atom is 0.433 e. The van der Waals surface area contributed by atoms with Crippen molar-refractivity contribution in [3.63, 3.8) is 0 Å². The maximum atomic E-state index is 12.8. The van der Waals surface area contributed by atoms with E-state index in [1.165, 1.54) is 10.7 Å². The summed E-state index contributed by atoms with van der Waals surface area (Å²) in [5, 5.41) is 14.1. The molecule has 1 atom stereocenters. The number of halogens is 3. The number of H-pyrrole nitrogens is 1. The highest BCUT2D eigenvalue weighted by atomic mass is 19.4. The number of nitrogens with zero attached hydrogens (tertiary/aromatic N) is 6. The third-order valence-electron chi connectivity index (χ3n) is 4.96. The maximum absolute atomic E-state index is 12.8. The summed E-state index contributed by atoms with van der Waals surface area (Å²) in [5.74, 6) is 0.960. The van der Waals surface area contributed by atoms with E-state index in [0.717, 1.165) is 12.3 Å². The number of hydrogen-bond acceptors (Lipinski definition) is 7. The van der Waals surface area contributed by atoms with E-state index in [-0.39, 0.29) is 16.7 Å². The van der Waals surface area contributed by atoms with Crippen molar-refractivity contribution in [2.45, 2.75) is 38.6 Å². The Morgan fingerprint density at radius 3 is 2.53 bits per heavy atom. The van der Waals surface area contributed by atoms with E-state index in [0.29, 0.717) is 30.1 Å². The van der Waals surface area contributed by atoms with Crippen LogP contribution >= 0.6 is 0 Å². The van der Waals surface area contributed by atoms with Crippen LogP contribution in [-0.4, -0.2) is 39.8 Å². The number of fused-ring (bicyclic) bond motifs is 1. The second-order valence-electron chi connectivity index (χ2n) is 7.08. The predicted molar refractivity (Wildman–Crippen MR) is 107 cm³/mol. The third kappa shape index (κ3) is 4.21. The van der Waals surface area contributed by atoms with Crippen LogP contribution in [0.4, 0.5) is 13.2 Å². The molecule has 32 heavy (non-hydrogen) atoms. The number of aryl methyl sites for hydroxylation is 2. The van der Waals surface area contributed by atoms with Gasteiger partial charge in [0.1, 0.15) is 28.4 Å². The molecule has 166 valence electrons. The molecule has 0 aliphatic carbocycles. The topological polar surface area (TPSA) is 122 Å². The number of hydrogen-bond donors (Lipinski definition) is 2. The van der Waals surface area contributed by atoms with Gasteiger partial charge in [-0.1, -0.05) is 6.07 Å². The first-order valence-corrected chi connectivity index (χ1v) is 9.68. The van der Waals surface area contributed by atoms with E-state index in [9.17, 15) is 23.1 Å². The Balaban J connectivity index is 1.71. The Morgan fingerprint density at radius 1 is 1.16 bits per heavy atom. The molecule has 0 saturated carbocycles. The fourth-order valence-corrected chi connectivity index (χ4v) is 3.31. The van der Waals surface area contributed by atoms with Gasteiger partial charge in [0, 0.05) is 31.4 Å². The zero-order valence-corrected chi connectivity index (χ0v) is 16.8. The quantitative estimate of drug-likeness (QED) is 0.467. The minimum Gasteiger partial charge on any atom is -0.390 e. The smallest absolute Gasteiger partial charge is 0.390 e. The fourth-order valence-electron chi connectivity index (χ4n) is 3.31. The molecule has 0 aliphatic heterocycles. The number of aliphatic hydroxyl groups excluding tert-OH is 1. The van der Waals surface area contributed by atoms with Gasteiger partial charge < -0.3 is 10.1 Å². The van der Waals surface area contributed by atoms with Crippen molar-refractivity contribution >= 4 is 11.0 Å². The van der Waals surface area contributed by atoms with Crippen molar-refractivity contribution in [1.29, 1.82) is 0 Å². The number of aromatic amines is 1. The largest absolute Gasteiger partial charge is 0.433 e.